The van der Waals surface area contributed by atoms with Gasteiger partial charge in [-0.1, -0.05) is 6.92 Å². The summed E-state index contributed by atoms with van der Waals surface area (Å²) in [5.74, 6) is 0.797. The molecule has 0 aliphatic carbocycles. The van der Waals surface area contributed by atoms with Gasteiger partial charge in [-0.15, -0.1) is 0 Å². The van der Waals surface area contributed by atoms with E-state index in [0.717, 1.165) is 28.8 Å². The number of pyridine rings is 1. The van der Waals surface area contributed by atoms with Crippen molar-refractivity contribution in [2.45, 2.75) is 20.3 Å². The lowest BCUT2D eigenvalue weighted by atomic mass is 10.1. The summed E-state index contributed by atoms with van der Waals surface area (Å²) in [6.07, 6.45) is 2.52. The van der Waals surface area contributed by atoms with Gasteiger partial charge in [-0.05, 0) is 37.1 Å². The molecule has 27 heavy (non-hydrogen) atoms. The maximum absolute atomic E-state index is 12.6. The summed E-state index contributed by atoms with van der Waals surface area (Å²) in [7, 11) is 1.61. The minimum Gasteiger partial charge on any atom is -0.497 e. The molecule has 1 N–H and O–H groups in total. The molecular formula is C20H23N3O4. The molecule has 0 aliphatic heterocycles. The summed E-state index contributed by atoms with van der Waals surface area (Å²) < 4.78 is 15.8. The van der Waals surface area contributed by atoms with E-state index in [0.29, 0.717) is 30.3 Å². The fourth-order valence-corrected chi connectivity index (χ4v) is 2.69. The third-order valence-corrected chi connectivity index (χ3v) is 4.15. The monoisotopic (exact) mass is 369 g/mol. The van der Waals surface area contributed by atoms with E-state index in [9.17, 15) is 4.79 Å². The highest BCUT2D eigenvalue weighted by molar-refractivity contribution is 5.96. The number of esters is 1. The van der Waals surface area contributed by atoms with Crippen molar-refractivity contribution in [3.05, 3.63) is 41.6 Å². The Morgan fingerprint density at radius 2 is 2.04 bits per heavy atom. The molecule has 0 aliphatic rings. The summed E-state index contributed by atoms with van der Waals surface area (Å²) in [4.78, 5) is 24.8. The molecular weight excluding hydrogens is 346 g/mol. The third kappa shape index (κ3) is 4.25. The minimum atomic E-state index is -0.439. The first-order valence-corrected chi connectivity index (χ1v) is 8.94. The van der Waals surface area contributed by atoms with E-state index < -0.39 is 5.97 Å². The number of hydrogen-bond donors (Lipinski definition) is 1. The smallest absolute Gasteiger partial charge is 0.340 e. The molecule has 0 saturated carbocycles. The number of H-pyrrole nitrogens is 1. The topological polar surface area (TPSA) is 86.3 Å². The lowest BCUT2D eigenvalue weighted by Gasteiger charge is -2.09. The first-order valence-electron chi connectivity index (χ1n) is 8.94. The van der Waals surface area contributed by atoms with Crippen LogP contribution in [0, 0.1) is 0 Å². The Bertz CT molecular complexity index is 936. The molecule has 7 nitrogen and oxygen atoms in total. The van der Waals surface area contributed by atoms with Crippen LogP contribution in [0.5, 0.6) is 5.75 Å². The minimum absolute atomic E-state index is 0.194. The van der Waals surface area contributed by atoms with Gasteiger partial charge in [0.15, 0.2) is 5.82 Å². The van der Waals surface area contributed by atoms with E-state index in [2.05, 4.69) is 15.0 Å². The van der Waals surface area contributed by atoms with Crippen LogP contribution in [-0.4, -0.2) is 47.9 Å². The van der Waals surface area contributed by atoms with E-state index in [4.69, 9.17) is 14.2 Å². The largest absolute Gasteiger partial charge is 0.497 e. The SMILES string of the molecule is CCOCCOC(=O)c1cc(CC)cnc1-c1nc2ccc(OC)cc2[nH]1. The normalized spacial score (nSPS) is 10.9. The Morgan fingerprint density at radius 1 is 1.19 bits per heavy atom. The zero-order valence-electron chi connectivity index (χ0n) is 15.7. The zero-order chi connectivity index (χ0) is 19.2. The van der Waals surface area contributed by atoms with Crippen molar-refractivity contribution >= 4 is 17.0 Å². The quantitative estimate of drug-likeness (QED) is 0.484. The number of nitrogens with zero attached hydrogens (tertiary/aromatic N) is 2. The van der Waals surface area contributed by atoms with Crippen molar-refractivity contribution in [1.82, 2.24) is 15.0 Å². The number of carbonyl (C=O) groups is 1. The summed E-state index contributed by atoms with van der Waals surface area (Å²) in [6.45, 7) is 5.04. The van der Waals surface area contributed by atoms with Crippen molar-refractivity contribution in [1.29, 1.82) is 0 Å². The van der Waals surface area contributed by atoms with E-state index in [-0.39, 0.29) is 6.61 Å². The van der Waals surface area contributed by atoms with Gasteiger partial charge >= 0.3 is 5.97 Å². The first-order chi connectivity index (χ1) is 13.2. The second kappa shape index (κ2) is 8.64. The average molecular weight is 369 g/mol. The summed E-state index contributed by atoms with van der Waals surface area (Å²) in [6, 6.07) is 7.35. The van der Waals surface area contributed by atoms with Crippen LogP contribution in [-0.2, 0) is 15.9 Å². The van der Waals surface area contributed by atoms with Gasteiger partial charge in [0.05, 0.1) is 30.3 Å². The standard InChI is InChI=1S/C20H23N3O4/c1-4-13-10-15(20(24)27-9-8-26-5-2)18(21-12-13)19-22-16-7-6-14(25-3)11-17(16)23-19/h6-7,10-12H,4-5,8-9H2,1-3H3,(H,22,23). The molecule has 0 bridgehead atoms. The van der Waals surface area contributed by atoms with E-state index in [1.165, 1.54) is 0 Å². The number of fused-ring (bicyclic) bond motifs is 1. The molecule has 0 atom stereocenters. The van der Waals surface area contributed by atoms with E-state index >= 15 is 0 Å². The van der Waals surface area contributed by atoms with Gasteiger partial charge in [-0.3, -0.25) is 4.98 Å². The highest BCUT2D eigenvalue weighted by Crippen LogP contribution is 2.26. The van der Waals surface area contributed by atoms with Crippen LogP contribution < -0.4 is 4.74 Å². The number of nitrogens with one attached hydrogen (secondary N) is 1. The highest BCUT2D eigenvalue weighted by Gasteiger charge is 2.19. The molecule has 7 heteroatoms. The Hall–Kier alpha value is -2.93. The molecule has 0 spiro atoms. The van der Waals surface area contributed by atoms with Gasteiger partial charge in [0.2, 0.25) is 0 Å². The molecule has 0 fully saturated rings. The number of methoxy groups -OCH3 is 1. The molecule has 0 unspecified atom stereocenters. The van der Waals surface area contributed by atoms with Gasteiger partial charge in [-0.2, -0.15) is 0 Å². The predicted molar refractivity (Wildman–Crippen MR) is 102 cm³/mol. The van der Waals surface area contributed by atoms with Gasteiger partial charge < -0.3 is 19.2 Å². The van der Waals surface area contributed by atoms with Crippen LogP contribution in [0.15, 0.2) is 30.5 Å². The fraction of sp³-hybridized carbons (Fsp3) is 0.350. The number of benzene rings is 1. The molecule has 1 aromatic carbocycles. The summed E-state index contributed by atoms with van der Waals surface area (Å²) in [5, 5.41) is 0. The van der Waals surface area contributed by atoms with Gasteiger partial charge in [0.1, 0.15) is 18.1 Å². The lowest BCUT2D eigenvalue weighted by Crippen LogP contribution is -2.13. The van der Waals surface area contributed by atoms with Gasteiger partial charge in [0, 0.05) is 18.9 Å². The predicted octanol–water partition coefficient (Wildman–Crippen LogP) is 3.39. The molecule has 3 rings (SSSR count). The lowest BCUT2D eigenvalue weighted by molar-refractivity contribution is 0.0335. The number of hydrogen-bond acceptors (Lipinski definition) is 6. The van der Waals surface area contributed by atoms with Crippen molar-refractivity contribution in [3.8, 4) is 17.3 Å². The maximum Gasteiger partial charge on any atom is 0.340 e. The Morgan fingerprint density at radius 3 is 2.78 bits per heavy atom. The number of aromatic nitrogens is 3. The van der Waals surface area contributed by atoms with E-state index in [1.807, 2.05) is 32.0 Å². The number of rotatable bonds is 8. The van der Waals surface area contributed by atoms with Crippen molar-refractivity contribution in [3.63, 3.8) is 0 Å². The van der Waals surface area contributed by atoms with Crippen molar-refractivity contribution < 1.29 is 19.0 Å². The second-order valence-corrected chi connectivity index (χ2v) is 5.89. The average Bonchev–Trinajstić information content (AvgIpc) is 3.13. The number of carbonyl (C=O) groups excluding carboxylic acids is 1. The highest BCUT2D eigenvalue weighted by atomic mass is 16.6. The maximum atomic E-state index is 12.6. The van der Waals surface area contributed by atoms with Crippen molar-refractivity contribution in [2.75, 3.05) is 26.9 Å². The van der Waals surface area contributed by atoms with Crippen LogP contribution in [0.3, 0.4) is 0 Å². The molecule has 2 aromatic heterocycles. The van der Waals surface area contributed by atoms with Crippen LogP contribution in [0.4, 0.5) is 0 Å². The van der Waals surface area contributed by atoms with Gasteiger partial charge in [0.25, 0.3) is 0 Å². The fourth-order valence-electron chi connectivity index (χ4n) is 2.69. The second-order valence-electron chi connectivity index (χ2n) is 5.89. The summed E-state index contributed by atoms with van der Waals surface area (Å²) >= 11 is 0. The number of imidazole rings is 1. The van der Waals surface area contributed by atoms with Crippen LogP contribution in [0.25, 0.3) is 22.6 Å². The molecule has 142 valence electrons. The van der Waals surface area contributed by atoms with Crippen LogP contribution in [0.2, 0.25) is 0 Å². The van der Waals surface area contributed by atoms with Gasteiger partial charge in [-0.25, -0.2) is 9.78 Å². The molecule has 2 heterocycles. The van der Waals surface area contributed by atoms with E-state index in [1.54, 1.807) is 19.4 Å². The van der Waals surface area contributed by atoms with Crippen LogP contribution >= 0.6 is 0 Å². The number of aromatic amines is 1. The third-order valence-electron chi connectivity index (χ3n) is 4.15. The van der Waals surface area contributed by atoms with Crippen LogP contribution in [0.1, 0.15) is 29.8 Å². The molecule has 3 aromatic rings. The Labute approximate surface area is 157 Å². The molecule has 0 radical (unpaired) electrons. The van der Waals surface area contributed by atoms with Crippen molar-refractivity contribution in [2.24, 2.45) is 0 Å². The summed E-state index contributed by atoms with van der Waals surface area (Å²) in [5.41, 5.74) is 3.37. The first kappa shape index (κ1) is 18.8. The Balaban J connectivity index is 1.95. The zero-order valence-corrected chi connectivity index (χ0v) is 15.7. The number of aryl methyl sites for hydroxylation is 1. The molecule has 0 amide bonds. The molecule has 0 saturated heterocycles. The number of ether oxygens (including phenoxy) is 3. The Kier molecular flexibility index (Phi) is 6.03.